The van der Waals surface area contributed by atoms with Gasteiger partial charge in [-0.3, -0.25) is 9.52 Å². The van der Waals surface area contributed by atoms with Crippen molar-refractivity contribution in [2.75, 3.05) is 17.8 Å². The first-order valence-corrected chi connectivity index (χ1v) is 13.0. The molecule has 0 unspecified atom stereocenters. The van der Waals surface area contributed by atoms with Crippen molar-refractivity contribution in [2.24, 2.45) is 7.05 Å². The number of thiazole rings is 1. The van der Waals surface area contributed by atoms with Crippen LogP contribution in [0.5, 0.6) is 0 Å². The van der Waals surface area contributed by atoms with E-state index >= 15 is 0 Å². The molecule has 3 aromatic rings. The second-order valence-corrected chi connectivity index (χ2v) is 10.9. The summed E-state index contributed by atoms with van der Waals surface area (Å²) in [5, 5.41) is 0.644. The van der Waals surface area contributed by atoms with Gasteiger partial charge in [0.2, 0.25) is 0 Å². The third kappa shape index (κ3) is 4.31. The fourth-order valence-corrected chi connectivity index (χ4v) is 6.36. The monoisotopic (exact) mass is 472 g/mol. The van der Waals surface area contributed by atoms with Crippen molar-refractivity contribution in [1.29, 1.82) is 0 Å². The number of aromatic nitrogens is 2. The lowest BCUT2D eigenvalue weighted by molar-refractivity contribution is 0.0728. The van der Waals surface area contributed by atoms with E-state index in [0.717, 1.165) is 37.9 Å². The fraction of sp³-hybridized carbons (Fsp3) is 0.391. The van der Waals surface area contributed by atoms with Gasteiger partial charge >= 0.3 is 0 Å². The van der Waals surface area contributed by atoms with Crippen LogP contribution in [-0.2, 0) is 17.1 Å². The number of carbonyl (C=O) groups is 1. The maximum absolute atomic E-state index is 13.1. The number of nitrogens with one attached hydrogen (secondary N) is 1. The summed E-state index contributed by atoms with van der Waals surface area (Å²) in [6, 6.07) is 8.85. The average Bonchev–Trinajstić information content (AvgIpc) is 3.30. The van der Waals surface area contributed by atoms with E-state index in [0.29, 0.717) is 32.7 Å². The van der Waals surface area contributed by atoms with Gasteiger partial charge in [-0.1, -0.05) is 17.7 Å². The number of piperidine rings is 1. The molecule has 1 aliphatic rings. The lowest BCUT2D eigenvalue weighted by Gasteiger charge is -2.26. The quantitative estimate of drug-likeness (QED) is 0.593. The first-order chi connectivity index (χ1) is 15.2. The topological polar surface area (TPSA) is 84.3 Å². The van der Waals surface area contributed by atoms with Crippen LogP contribution in [0, 0.1) is 20.8 Å². The largest absolute Gasteiger partial charge is 0.345 e. The van der Waals surface area contributed by atoms with Gasteiger partial charge in [0.25, 0.3) is 15.9 Å². The van der Waals surface area contributed by atoms with E-state index < -0.39 is 10.0 Å². The highest BCUT2D eigenvalue weighted by atomic mass is 32.2. The first-order valence-electron chi connectivity index (χ1n) is 10.7. The summed E-state index contributed by atoms with van der Waals surface area (Å²) in [5.41, 5.74) is 3.54. The van der Waals surface area contributed by atoms with E-state index in [4.69, 9.17) is 0 Å². The number of amides is 1. The molecule has 2 aromatic heterocycles. The number of sulfonamides is 1. The molecular formula is C23H28N4O3S2. The molecule has 1 saturated heterocycles. The number of benzene rings is 1. The zero-order valence-corrected chi connectivity index (χ0v) is 20.4. The van der Waals surface area contributed by atoms with Crippen molar-refractivity contribution in [3.8, 4) is 10.7 Å². The van der Waals surface area contributed by atoms with E-state index in [1.54, 1.807) is 25.1 Å². The van der Waals surface area contributed by atoms with Gasteiger partial charge in [0.15, 0.2) is 0 Å². The predicted octanol–water partition coefficient (Wildman–Crippen LogP) is 4.50. The molecule has 3 heterocycles. The Morgan fingerprint density at radius 1 is 1.06 bits per heavy atom. The van der Waals surface area contributed by atoms with Gasteiger partial charge in [-0.05, 0) is 58.2 Å². The molecule has 0 saturated carbocycles. The SMILES string of the molecule is Cc1ccc(NS(=O)(=O)c2cc(-c3nc(C)c(C(=O)N4CCCCC4)s3)n(C)c2C)cc1. The zero-order chi connectivity index (χ0) is 23.0. The molecule has 170 valence electrons. The summed E-state index contributed by atoms with van der Waals surface area (Å²) >= 11 is 1.33. The number of nitrogens with zero attached hydrogens (tertiary/aromatic N) is 3. The molecular weight excluding hydrogens is 444 g/mol. The highest BCUT2D eigenvalue weighted by Gasteiger charge is 2.27. The number of hydrogen-bond donors (Lipinski definition) is 1. The van der Waals surface area contributed by atoms with Gasteiger partial charge in [0, 0.05) is 31.5 Å². The minimum absolute atomic E-state index is 0.0192. The molecule has 1 fully saturated rings. The molecule has 0 atom stereocenters. The van der Waals surface area contributed by atoms with Crippen molar-refractivity contribution in [3.05, 3.63) is 52.2 Å². The molecule has 7 nitrogen and oxygen atoms in total. The molecule has 1 aromatic carbocycles. The number of rotatable bonds is 5. The van der Waals surface area contributed by atoms with Gasteiger partial charge in [-0.2, -0.15) is 0 Å². The summed E-state index contributed by atoms with van der Waals surface area (Å²) < 4.78 is 30.6. The second kappa shape index (κ2) is 8.71. The fourth-order valence-electron chi connectivity index (χ4n) is 3.93. The van der Waals surface area contributed by atoms with Crippen molar-refractivity contribution in [3.63, 3.8) is 0 Å². The van der Waals surface area contributed by atoms with Crippen LogP contribution < -0.4 is 4.72 Å². The van der Waals surface area contributed by atoms with E-state index in [9.17, 15) is 13.2 Å². The molecule has 1 aliphatic heterocycles. The maximum atomic E-state index is 13.1. The molecule has 9 heteroatoms. The molecule has 0 spiro atoms. The van der Waals surface area contributed by atoms with Gasteiger partial charge in [-0.25, -0.2) is 13.4 Å². The van der Waals surface area contributed by atoms with E-state index in [1.165, 1.54) is 11.3 Å². The summed E-state index contributed by atoms with van der Waals surface area (Å²) in [4.78, 5) is 20.3. The Kier molecular flexibility index (Phi) is 6.13. The number of likely N-dealkylation sites (tertiary alicyclic amines) is 1. The van der Waals surface area contributed by atoms with Gasteiger partial charge in [0.05, 0.1) is 11.4 Å². The molecule has 1 amide bonds. The first kappa shape index (κ1) is 22.5. The predicted molar refractivity (Wildman–Crippen MR) is 128 cm³/mol. The Morgan fingerprint density at radius 2 is 1.72 bits per heavy atom. The molecule has 0 radical (unpaired) electrons. The van der Waals surface area contributed by atoms with Gasteiger partial charge in [0.1, 0.15) is 14.8 Å². The molecule has 1 N–H and O–H groups in total. The lowest BCUT2D eigenvalue weighted by Crippen LogP contribution is -2.35. The molecule has 32 heavy (non-hydrogen) atoms. The Balaban J connectivity index is 1.65. The number of carbonyl (C=O) groups excluding carboxylic acids is 1. The summed E-state index contributed by atoms with van der Waals surface area (Å²) in [6.45, 7) is 7.12. The summed E-state index contributed by atoms with van der Waals surface area (Å²) in [6.07, 6.45) is 3.22. The van der Waals surface area contributed by atoms with Crippen LogP contribution in [0.25, 0.3) is 10.7 Å². The number of aryl methyl sites for hydroxylation is 2. The Bertz CT molecular complexity index is 1250. The lowest BCUT2D eigenvalue weighted by atomic mass is 10.1. The number of anilines is 1. The third-order valence-electron chi connectivity index (χ3n) is 5.94. The molecule has 0 bridgehead atoms. The van der Waals surface area contributed by atoms with E-state index in [2.05, 4.69) is 9.71 Å². The smallest absolute Gasteiger partial charge is 0.265 e. The minimum atomic E-state index is -3.77. The van der Waals surface area contributed by atoms with Crippen LogP contribution in [0.2, 0.25) is 0 Å². The van der Waals surface area contributed by atoms with Crippen LogP contribution in [0.3, 0.4) is 0 Å². The highest BCUT2D eigenvalue weighted by molar-refractivity contribution is 7.92. The van der Waals surface area contributed by atoms with Crippen LogP contribution in [0.1, 0.15) is 45.9 Å². The summed E-state index contributed by atoms with van der Waals surface area (Å²) in [5.74, 6) is 0.0192. The van der Waals surface area contributed by atoms with Crippen molar-refractivity contribution in [2.45, 2.75) is 44.9 Å². The van der Waals surface area contributed by atoms with Crippen LogP contribution >= 0.6 is 11.3 Å². The van der Waals surface area contributed by atoms with Crippen LogP contribution in [0.15, 0.2) is 35.2 Å². The normalized spacial score (nSPS) is 14.6. The van der Waals surface area contributed by atoms with Crippen molar-refractivity contribution in [1.82, 2.24) is 14.5 Å². The molecule has 0 aliphatic carbocycles. The summed E-state index contributed by atoms with van der Waals surface area (Å²) in [7, 11) is -1.95. The second-order valence-electron chi connectivity index (χ2n) is 8.30. The standard InChI is InChI=1S/C23H28N4O3S2/c1-15-8-10-18(11-9-15)25-32(29,30)20-14-19(26(4)17(20)3)22-24-16(2)21(31-22)23(28)27-12-6-5-7-13-27/h8-11,14,25H,5-7,12-13H2,1-4H3. The zero-order valence-electron chi connectivity index (χ0n) is 18.8. The maximum Gasteiger partial charge on any atom is 0.265 e. The van der Waals surface area contributed by atoms with Gasteiger partial charge < -0.3 is 9.47 Å². The average molecular weight is 473 g/mol. The van der Waals surface area contributed by atoms with E-state index in [1.807, 2.05) is 42.5 Å². The third-order valence-corrected chi connectivity index (χ3v) is 8.60. The van der Waals surface area contributed by atoms with Crippen LogP contribution in [-0.4, -0.2) is 41.9 Å². The van der Waals surface area contributed by atoms with Crippen molar-refractivity contribution < 1.29 is 13.2 Å². The number of hydrogen-bond acceptors (Lipinski definition) is 5. The highest BCUT2D eigenvalue weighted by Crippen LogP contribution is 2.33. The molecule has 4 rings (SSSR count). The Morgan fingerprint density at radius 3 is 2.38 bits per heavy atom. The van der Waals surface area contributed by atoms with Gasteiger partial charge in [-0.15, -0.1) is 11.3 Å². The van der Waals surface area contributed by atoms with Crippen molar-refractivity contribution >= 4 is 33.0 Å². The van der Waals surface area contributed by atoms with E-state index in [-0.39, 0.29) is 10.8 Å². The minimum Gasteiger partial charge on any atom is -0.345 e. The Labute approximate surface area is 193 Å². The van der Waals surface area contributed by atoms with Crippen LogP contribution in [0.4, 0.5) is 5.69 Å². The Hall–Kier alpha value is -2.65.